The molecule has 0 aliphatic carbocycles. The Morgan fingerprint density at radius 1 is 1.30 bits per heavy atom. The highest BCUT2D eigenvalue weighted by atomic mass is 32.2. The van der Waals surface area contributed by atoms with E-state index in [4.69, 9.17) is 12.2 Å². The molecule has 0 amide bonds. The molecular weight excluding hydrogens is 330 g/mol. The van der Waals surface area contributed by atoms with Gasteiger partial charge in [-0.15, -0.1) is 0 Å². The molecule has 3 N–H and O–H groups in total. The number of nitrogens with one attached hydrogen (secondary N) is 3. The van der Waals surface area contributed by atoms with Crippen LogP contribution < -0.4 is 10.6 Å². The van der Waals surface area contributed by atoms with E-state index in [2.05, 4.69) is 27.8 Å². The van der Waals surface area contributed by atoms with E-state index in [1.54, 1.807) is 0 Å². The Kier molecular flexibility index (Phi) is 4.87. The van der Waals surface area contributed by atoms with Gasteiger partial charge in [0, 0.05) is 30.2 Å². The zero-order valence-corrected chi connectivity index (χ0v) is 14.5. The molecule has 0 radical (unpaired) electrons. The van der Waals surface area contributed by atoms with Gasteiger partial charge in [-0.1, -0.05) is 18.2 Å². The Labute approximate surface area is 141 Å². The van der Waals surface area contributed by atoms with Crippen molar-refractivity contribution in [1.29, 1.82) is 0 Å². The van der Waals surface area contributed by atoms with E-state index in [1.165, 1.54) is 10.9 Å². The third-order valence-corrected chi connectivity index (χ3v) is 6.36. The van der Waals surface area contributed by atoms with Crippen molar-refractivity contribution in [3.8, 4) is 0 Å². The third-order valence-electron chi connectivity index (χ3n) is 4.23. The lowest BCUT2D eigenvalue weighted by Crippen LogP contribution is -2.39. The van der Waals surface area contributed by atoms with Crippen molar-refractivity contribution >= 4 is 38.1 Å². The van der Waals surface area contributed by atoms with Crippen molar-refractivity contribution in [3.63, 3.8) is 0 Å². The van der Waals surface area contributed by atoms with Crippen molar-refractivity contribution in [1.82, 2.24) is 15.6 Å². The van der Waals surface area contributed by atoms with Crippen molar-refractivity contribution in [2.45, 2.75) is 12.8 Å². The number of thiocarbonyl (C=S) groups is 1. The minimum Gasteiger partial charge on any atom is -0.362 e. The lowest BCUT2D eigenvalue weighted by Gasteiger charge is -2.13. The summed E-state index contributed by atoms with van der Waals surface area (Å²) in [5.74, 6) is 0.756. The molecule has 1 aliphatic rings. The van der Waals surface area contributed by atoms with Crippen LogP contribution in [-0.2, 0) is 16.3 Å². The Morgan fingerprint density at radius 3 is 2.91 bits per heavy atom. The molecule has 23 heavy (non-hydrogen) atoms. The van der Waals surface area contributed by atoms with Crippen LogP contribution in [0.15, 0.2) is 30.5 Å². The number of aromatic nitrogens is 1. The highest BCUT2D eigenvalue weighted by Gasteiger charge is 2.27. The quantitative estimate of drug-likeness (QED) is 0.714. The number of H-pyrrole nitrogens is 1. The number of sulfone groups is 1. The van der Waals surface area contributed by atoms with Gasteiger partial charge < -0.3 is 15.6 Å². The zero-order valence-electron chi connectivity index (χ0n) is 12.8. The summed E-state index contributed by atoms with van der Waals surface area (Å²) >= 11 is 5.26. The molecule has 3 rings (SSSR count). The van der Waals surface area contributed by atoms with Crippen LogP contribution in [0.2, 0.25) is 0 Å². The van der Waals surface area contributed by atoms with Gasteiger partial charge in [0.25, 0.3) is 0 Å². The van der Waals surface area contributed by atoms with Crippen LogP contribution in [-0.4, -0.2) is 43.1 Å². The highest BCUT2D eigenvalue weighted by Crippen LogP contribution is 2.18. The average molecular weight is 351 g/mol. The Bertz CT molecular complexity index is 799. The van der Waals surface area contributed by atoms with Crippen molar-refractivity contribution in [3.05, 3.63) is 36.0 Å². The second-order valence-corrected chi connectivity index (χ2v) is 8.65. The van der Waals surface area contributed by atoms with Gasteiger partial charge in [0.1, 0.15) is 0 Å². The first-order valence-electron chi connectivity index (χ1n) is 7.80. The van der Waals surface area contributed by atoms with Gasteiger partial charge >= 0.3 is 0 Å². The minimum atomic E-state index is -2.82. The molecule has 5 nitrogen and oxygen atoms in total. The molecule has 1 saturated heterocycles. The molecule has 0 spiro atoms. The maximum absolute atomic E-state index is 11.4. The van der Waals surface area contributed by atoms with Gasteiger partial charge in [-0.05, 0) is 42.6 Å². The molecule has 1 aromatic heterocycles. The number of benzene rings is 1. The normalized spacial score (nSPS) is 19.7. The van der Waals surface area contributed by atoms with E-state index in [0.717, 1.165) is 24.9 Å². The van der Waals surface area contributed by atoms with E-state index >= 15 is 0 Å². The molecule has 1 aromatic carbocycles. The number of hydrogen-bond acceptors (Lipinski definition) is 3. The molecule has 1 fully saturated rings. The summed E-state index contributed by atoms with van der Waals surface area (Å²) in [4.78, 5) is 3.26. The topological polar surface area (TPSA) is 74.0 Å². The molecule has 0 bridgehead atoms. The van der Waals surface area contributed by atoms with Crippen LogP contribution in [0.3, 0.4) is 0 Å². The van der Waals surface area contributed by atoms with Crippen LogP contribution in [0.1, 0.15) is 12.0 Å². The number of fused-ring (bicyclic) bond motifs is 1. The fourth-order valence-electron chi connectivity index (χ4n) is 2.98. The van der Waals surface area contributed by atoms with Crippen LogP contribution in [0.25, 0.3) is 10.9 Å². The lowest BCUT2D eigenvalue weighted by atomic mass is 10.1. The van der Waals surface area contributed by atoms with E-state index in [1.807, 2.05) is 18.3 Å². The maximum Gasteiger partial charge on any atom is 0.166 e. The second kappa shape index (κ2) is 6.88. The average Bonchev–Trinajstić information content (AvgIpc) is 3.09. The van der Waals surface area contributed by atoms with E-state index < -0.39 is 9.84 Å². The molecule has 1 aliphatic heterocycles. The largest absolute Gasteiger partial charge is 0.362 e. The van der Waals surface area contributed by atoms with Crippen molar-refractivity contribution in [2.24, 2.45) is 5.92 Å². The van der Waals surface area contributed by atoms with E-state index in [-0.39, 0.29) is 11.7 Å². The molecule has 2 heterocycles. The van der Waals surface area contributed by atoms with Gasteiger partial charge in [-0.25, -0.2) is 8.42 Å². The summed E-state index contributed by atoms with van der Waals surface area (Å²) in [6.45, 7) is 1.37. The first-order chi connectivity index (χ1) is 11.0. The molecule has 124 valence electrons. The van der Waals surface area contributed by atoms with E-state index in [0.29, 0.717) is 17.4 Å². The summed E-state index contributed by atoms with van der Waals surface area (Å²) in [6, 6.07) is 8.23. The van der Waals surface area contributed by atoms with Gasteiger partial charge in [-0.2, -0.15) is 0 Å². The summed E-state index contributed by atoms with van der Waals surface area (Å²) in [5, 5.41) is 8.15. The fraction of sp³-hybridized carbons (Fsp3) is 0.438. The van der Waals surface area contributed by atoms with Crippen LogP contribution in [0.4, 0.5) is 0 Å². The molecule has 0 unspecified atom stereocenters. The van der Waals surface area contributed by atoms with Gasteiger partial charge in [0.15, 0.2) is 14.9 Å². The number of para-hydroxylation sites is 1. The summed E-state index contributed by atoms with van der Waals surface area (Å²) in [5.41, 5.74) is 2.41. The fourth-order valence-corrected chi connectivity index (χ4v) is 5.03. The number of hydrogen-bond donors (Lipinski definition) is 3. The predicted octanol–water partition coefficient (Wildman–Crippen LogP) is 1.61. The first kappa shape index (κ1) is 16.3. The SMILES string of the molecule is O=S1(=O)CC[C@H](CNC(=S)NCCc2c[nH]c3ccccc23)C1. The third kappa shape index (κ3) is 4.23. The summed E-state index contributed by atoms with van der Waals surface area (Å²) < 4.78 is 22.8. The highest BCUT2D eigenvalue weighted by molar-refractivity contribution is 7.91. The number of aromatic amines is 1. The zero-order chi connectivity index (χ0) is 16.3. The molecule has 7 heteroatoms. The smallest absolute Gasteiger partial charge is 0.166 e. The number of rotatable bonds is 5. The Hall–Kier alpha value is -1.60. The monoisotopic (exact) mass is 351 g/mol. The summed E-state index contributed by atoms with van der Waals surface area (Å²) in [7, 11) is -2.82. The van der Waals surface area contributed by atoms with Crippen molar-refractivity contribution < 1.29 is 8.42 Å². The Morgan fingerprint density at radius 2 is 2.13 bits per heavy atom. The second-order valence-electron chi connectivity index (χ2n) is 6.02. The lowest BCUT2D eigenvalue weighted by molar-refractivity contribution is 0.570. The van der Waals surface area contributed by atoms with Crippen LogP contribution in [0.5, 0.6) is 0 Å². The predicted molar refractivity (Wildman–Crippen MR) is 97.4 cm³/mol. The van der Waals surface area contributed by atoms with Gasteiger partial charge in [0.05, 0.1) is 11.5 Å². The Balaban J connectivity index is 1.41. The van der Waals surface area contributed by atoms with Gasteiger partial charge in [-0.3, -0.25) is 0 Å². The minimum absolute atomic E-state index is 0.174. The standard InChI is InChI=1S/C16H21N3O2S2/c20-23(21)8-6-12(11-23)9-19-16(22)17-7-5-13-10-18-15-4-2-1-3-14(13)15/h1-4,10,12,18H,5-9,11H2,(H2,17,19,22)/t12-/m1/s1. The van der Waals surface area contributed by atoms with Crippen LogP contribution >= 0.6 is 12.2 Å². The van der Waals surface area contributed by atoms with E-state index in [9.17, 15) is 8.42 Å². The first-order valence-corrected chi connectivity index (χ1v) is 10.0. The summed E-state index contributed by atoms with van der Waals surface area (Å²) in [6.07, 6.45) is 3.64. The molecule has 0 saturated carbocycles. The molecule has 2 aromatic rings. The van der Waals surface area contributed by atoms with Gasteiger partial charge in [0.2, 0.25) is 0 Å². The molecule has 1 atom stereocenters. The maximum atomic E-state index is 11.4. The van der Waals surface area contributed by atoms with Crippen molar-refractivity contribution in [2.75, 3.05) is 24.6 Å². The van der Waals surface area contributed by atoms with Crippen LogP contribution in [0, 0.1) is 5.92 Å². The molecular formula is C16H21N3O2S2.